The lowest BCUT2D eigenvalue weighted by Crippen LogP contribution is -2.19. The Bertz CT molecular complexity index is 547. The molecular weight excluding hydrogens is 232 g/mol. The van der Waals surface area contributed by atoms with E-state index in [0.29, 0.717) is 4.99 Å². The van der Waals surface area contributed by atoms with Crippen molar-refractivity contribution in [2.45, 2.75) is 0 Å². The van der Waals surface area contributed by atoms with Gasteiger partial charge in [-0.15, -0.1) is 0 Å². The number of hydrogen-bond donors (Lipinski definition) is 1. The van der Waals surface area contributed by atoms with Gasteiger partial charge in [0.2, 0.25) is 5.95 Å². The predicted octanol–water partition coefficient (Wildman–Crippen LogP) is 1.82. The summed E-state index contributed by atoms with van der Waals surface area (Å²) in [6, 6.07) is 7.76. The average Bonchev–Trinajstić information content (AvgIpc) is 2.74. The molecule has 0 aliphatic rings. The molecule has 1 aromatic heterocycles. The molecule has 0 aliphatic carbocycles. The maximum atomic E-state index is 5.72. The minimum atomic E-state index is 0.390. The fourth-order valence-electron chi connectivity index (χ4n) is 1.76. The Labute approximate surface area is 106 Å². The van der Waals surface area contributed by atoms with Gasteiger partial charge >= 0.3 is 0 Å². The molecule has 0 atom stereocenters. The molecule has 0 aliphatic heterocycles. The van der Waals surface area contributed by atoms with Gasteiger partial charge in [-0.1, -0.05) is 24.4 Å². The van der Waals surface area contributed by atoms with Gasteiger partial charge < -0.3 is 15.2 Å². The van der Waals surface area contributed by atoms with Crippen molar-refractivity contribution in [1.82, 2.24) is 9.55 Å². The number of thiocarbonyl (C=S) groups is 1. The van der Waals surface area contributed by atoms with E-state index in [4.69, 9.17) is 18.0 Å². The first-order chi connectivity index (χ1) is 8.11. The maximum absolute atomic E-state index is 5.72. The first-order valence-corrected chi connectivity index (χ1v) is 5.62. The molecule has 17 heavy (non-hydrogen) atoms. The molecule has 1 heterocycles. The maximum Gasteiger partial charge on any atom is 0.209 e. The average molecular weight is 246 g/mol. The lowest BCUT2D eigenvalue weighted by Gasteiger charge is -2.21. The molecule has 0 fully saturated rings. The van der Waals surface area contributed by atoms with Crippen molar-refractivity contribution in [3.05, 3.63) is 42.2 Å². The smallest absolute Gasteiger partial charge is 0.209 e. The van der Waals surface area contributed by atoms with Crippen molar-refractivity contribution in [2.24, 2.45) is 12.8 Å². The zero-order valence-electron chi connectivity index (χ0n) is 9.79. The van der Waals surface area contributed by atoms with Crippen LogP contribution in [0.25, 0.3) is 0 Å². The first-order valence-electron chi connectivity index (χ1n) is 5.21. The summed E-state index contributed by atoms with van der Waals surface area (Å²) in [4.78, 5) is 6.65. The number of nitrogens with two attached hydrogens (primary N) is 1. The molecule has 88 valence electrons. The number of anilines is 2. The Hall–Kier alpha value is -1.88. The minimum Gasteiger partial charge on any atom is -0.389 e. The highest BCUT2D eigenvalue weighted by atomic mass is 32.1. The summed E-state index contributed by atoms with van der Waals surface area (Å²) >= 11 is 5.05. The van der Waals surface area contributed by atoms with Crippen molar-refractivity contribution >= 4 is 28.8 Å². The van der Waals surface area contributed by atoms with Crippen LogP contribution in [0, 0.1) is 0 Å². The molecule has 2 N–H and O–H groups in total. The molecule has 2 rings (SSSR count). The van der Waals surface area contributed by atoms with Crippen LogP contribution in [-0.2, 0) is 7.05 Å². The lowest BCUT2D eigenvalue weighted by atomic mass is 10.1. The van der Waals surface area contributed by atoms with Gasteiger partial charge in [0, 0.05) is 32.1 Å². The molecule has 0 saturated carbocycles. The zero-order valence-corrected chi connectivity index (χ0v) is 10.6. The van der Waals surface area contributed by atoms with Crippen LogP contribution in [-0.4, -0.2) is 21.6 Å². The van der Waals surface area contributed by atoms with E-state index >= 15 is 0 Å². The fourth-order valence-corrected chi connectivity index (χ4v) is 1.94. The second kappa shape index (κ2) is 4.55. The van der Waals surface area contributed by atoms with Crippen LogP contribution < -0.4 is 10.6 Å². The van der Waals surface area contributed by atoms with Crippen molar-refractivity contribution < 1.29 is 0 Å². The van der Waals surface area contributed by atoms with Gasteiger partial charge in [0.05, 0.1) is 5.69 Å². The van der Waals surface area contributed by atoms with E-state index in [9.17, 15) is 0 Å². The fraction of sp³-hybridized carbons (Fsp3) is 0.167. The van der Waals surface area contributed by atoms with Crippen LogP contribution in [0.3, 0.4) is 0 Å². The second-order valence-electron chi connectivity index (χ2n) is 3.78. The molecule has 0 saturated heterocycles. The van der Waals surface area contributed by atoms with E-state index in [1.54, 1.807) is 6.20 Å². The standard InChI is InChI=1S/C12H14N4S/c1-15-8-7-14-12(15)16(2)10-6-4-3-5-9(10)11(13)17/h3-8H,1-2H3,(H2,13,17). The minimum absolute atomic E-state index is 0.390. The normalized spacial score (nSPS) is 10.2. The summed E-state index contributed by atoms with van der Waals surface area (Å²) in [5, 5.41) is 0. The van der Waals surface area contributed by atoms with Gasteiger partial charge in [0.25, 0.3) is 0 Å². The molecule has 0 bridgehead atoms. The predicted molar refractivity (Wildman–Crippen MR) is 73.6 cm³/mol. The molecule has 5 heteroatoms. The molecule has 1 aromatic carbocycles. The summed E-state index contributed by atoms with van der Waals surface area (Å²) in [6.45, 7) is 0. The van der Waals surface area contributed by atoms with Crippen LogP contribution in [0.1, 0.15) is 5.56 Å². The first kappa shape index (κ1) is 11.6. The number of imidazole rings is 1. The molecule has 0 amide bonds. The third-order valence-electron chi connectivity index (χ3n) is 2.63. The van der Waals surface area contributed by atoms with E-state index in [0.717, 1.165) is 17.2 Å². The SMILES string of the molecule is CN(c1ccccc1C(N)=S)c1nccn1C. The Kier molecular flexibility index (Phi) is 3.10. The zero-order chi connectivity index (χ0) is 12.4. The molecule has 0 spiro atoms. The van der Waals surface area contributed by atoms with Crippen LogP contribution >= 0.6 is 12.2 Å². The van der Waals surface area contributed by atoms with E-state index < -0.39 is 0 Å². The number of hydrogen-bond acceptors (Lipinski definition) is 3. The highest BCUT2D eigenvalue weighted by Gasteiger charge is 2.13. The number of nitrogens with zero attached hydrogens (tertiary/aromatic N) is 3. The molecule has 0 radical (unpaired) electrons. The number of aromatic nitrogens is 2. The Morgan fingerprint density at radius 2 is 2.12 bits per heavy atom. The van der Waals surface area contributed by atoms with Gasteiger partial charge in [0.1, 0.15) is 4.99 Å². The van der Waals surface area contributed by atoms with Crippen molar-refractivity contribution in [2.75, 3.05) is 11.9 Å². The van der Waals surface area contributed by atoms with Crippen molar-refractivity contribution in [3.8, 4) is 0 Å². The van der Waals surface area contributed by atoms with Crippen LogP contribution in [0.5, 0.6) is 0 Å². The second-order valence-corrected chi connectivity index (χ2v) is 4.22. The highest BCUT2D eigenvalue weighted by Crippen LogP contribution is 2.25. The topological polar surface area (TPSA) is 47.1 Å². The third kappa shape index (κ3) is 2.14. The molecular formula is C12H14N4S. The lowest BCUT2D eigenvalue weighted by molar-refractivity contribution is 0.883. The number of benzene rings is 1. The van der Waals surface area contributed by atoms with Crippen LogP contribution in [0.4, 0.5) is 11.6 Å². The largest absolute Gasteiger partial charge is 0.389 e. The molecule has 0 unspecified atom stereocenters. The van der Waals surface area contributed by atoms with E-state index in [1.165, 1.54) is 0 Å². The van der Waals surface area contributed by atoms with Crippen molar-refractivity contribution in [3.63, 3.8) is 0 Å². The Balaban J connectivity index is 2.48. The van der Waals surface area contributed by atoms with Gasteiger partial charge in [-0.2, -0.15) is 0 Å². The Morgan fingerprint density at radius 3 is 2.71 bits per heavy atom. The molecule has 2 aromatic rings. The summed E-state index contributed by atoms with van der Waals surface area (Å²) in [5.41, 5.74) is 7.53. The van der Waals surface area contributed by atoms with Crippen LogP contribution in [0.2, 0.25) is 0 Å². The van der Waals surface area contributed by atoms with E-state index in [-0.39, 0.29) is 0 Å². The van der Waals surface area contributed by atoms with Gasteiger partial charge in [-0.05, 0) is 12.1 Å². The number of aryl methyl sites for hydroxylation is 1. The van der Waals surface area contributed by atoms with Crippen LogP contribution in [0.15, 0.2) is 36.7 Å². The quantitative estimate of drug-likeness (QED) is 0.839. The molecule has 4 nitrogen and oxygen atoms in total. The number of rotatable bonds is 3. The summed E-state index contributed by atoms with van der Waals surface area (Å²) in [7, 11) is 3.89. The van der Waals surface area contributed by atoms with Gasteiger partial charge in [-0.3, -0.25) is 0 Å². The van der Waals surface area contributed by atoms with Gasteiger partial charge in [-0.25, -0.2) is 4.98 Å². The highest BCUT2D eigenvalue weighted by molar-refractivity contribution is 7.80. The van der Waals surface area contributed by atoms with Crippen molar-refractivity contribution in [1.29, 1.82) is 0 Å². The van der Waals surface area contributed by atoms with E-state index in [2.05, 4.69) is 4.98 Å². The summed E-state index contributed by atoms with van der Waals surface area (Å²) < 4.78 is 1.94. The summed E-state index contributed by atoms with van der Waals surface area (Å²) in [6.07, 6.45) is 3.66. The van der Waals surface area contributed by atoms with Gasteiger partial charge in [0.15, 0.2) is 0 Å². The summed E-state index contributed by atoms with van der Waals surface area (Å²) in [5.74, 6) is 0.841. The van der Waals surface area contributed by atoms with E-state index in [1.807, 2.05) is 54.0 Å². The monoisotopic (exact) mass is 246 g/mol. The Morgan fingerprint density at radius 1 is 1.41 bits per heavy atom. The third-order valence-corrected chi connectivity index (χ3v) is 2.85. The number of para-hydroxylation sites is 1.